The van der Waals surface area contributed by atoms with Crippen LogP contribution >= 0.6 is 0 Å². The summed E-state index contributed by atoms with van der Waals surface area (Å²) in [7, 11) is 0. The Morgan fingerprint density at radius 1 is 1.82 bits per heavy atom. The van der Waals surface area contributed by atoms with Crippen molar-refractivity contribution in [3.8, 4) is 0 Å². The summed E-state index contributed by atoms with van der Waals surface area (Å²) in [6, 6.07) is 0. The van der Waals surface area contributed by atoms with Gasteiger partial charge in [0, 0.05) is 18.7 Å². The summed E-state index contributed by atoms with van der Waals surface area (Å²) >= 11 is 0. The van der Waals surface area contributed by atoms with Gasteiger partial charge in [-0.25, -0.2) is 0 Å². The molecule has 0 aromatic rings. The van der Waals surface area contributed by atoms with E-state index in [4.69, 9.17) is 4.74 Å². The van der Waals surface area contributed by atoms with Gasteiger partial charge < -0.3 is 10.1 Å². The molecule has 1 unspecified atom stereocenters. The third kappa shape index (κ3) is 2.35. The number of carbonyl (C=O) groups is 1. The van der Waals surface area contributed by atoms with Crippen LogP contribution in [0.1, 0.15) is 13.3 Å². The van der Waals surface area contributed by atoms with Gasteiger partial charge in [-0.2, -0.15) is 0 Å². The van der Waals surface area contributed by atoms with Gasteiger partial charge in [0.1, 0.15) is 0 Å². The zero-order valence-corrected chi connectivity index (χ0v) is 6.72. The second kappa shape index (κ2) is 3.53. The summed E-state index contributed by atoms with van der Waals surface area (Å²) in [5.74, 6) is -0.0829. The van der Waals surface area contributed by atoms with Gasteiger partial charge in [-0.05, 0) is 13.3 Å². The molecule has 3 heteroatoms. The number of hydrogen-bond donors (Lipinski definition) is 1. The molecule has 11 heavy (non-hydrogen) atoms. The van der Waals surface area contributed by atoms with Crippen LogP contribution in [0.25, 0.3) is 0 Å². The van der Waals surface area contributed by atoms with E-state index in [1.165, 1.54) is 0 Å². The van der Waals surface area contributed by atoms with Crippen molar-refractivity contribution in [2.75, 3.05) is 13.2 Å². The second-order valence-electron chi connectivity index (χ2n) is 2.77. The van der Waals surface area contributed by atoms with Gasteiger partial charge in [0.05, 0.1) is 6.10 Å². The number of rotatable bonds is 3. The van der Waals surface area contributed by atoms with Gasteiger partial charge in [-0.3, -0.25) is 4.79 Å². The fourth-order valence-electron chi connectivity index (χ4n) is 0.803. The quantitative estimate of drug-likeness (QED) is 0.601. The Balaban J connectivity index is 2.10. The first-order valence-electron chi connectivity index (χ1n) is 3.75. The summed E-state index contributed by atoms with van der Waals surface area (Å²) in [4.78, 5) is 10.9. The average Bonchev–Trinajstić information content (AvgIpc) is 1.83. The van der Waals surface area contributed by atoms with Crippen LogP contribution in [-0.4, -0.2) is 25.2 Å². The smallest absolute Gasteiger partial charge is 0.246 e. The Morgan fingerprint density at radius 3 is 2.82 bits per heavy atom. The third-order valence-corrected chi connectivity index (χ3v) is 1.67. The molecule has 62 valence electrons. The van der Waals surface area contributed by atoms with E-state index in [1.807, 2.05) is 0 Å². The number of carbonyl (C=O) groups excluding carboxylic acids is 1. The largest absolute Gasteiger partial charge is 0.376 e. The summed E-state index contributed by atoms with van der Waals surface area (Å²) in [5, 5.41) is 2.72. The zero-order chi connectivity index (χ0) is 8.27. The fourth-order valence-corrected chi connectivity index (χ4v) is 0.803. The summed E-state index contributed by atoms with van der Waals surface area (Å²) in [5.41, 5.74) is 0.546. The molecule has 0 aliphatic carbocycles. The average molecular weight is 155 g/mol. The Morgan fingerprint density at radius 2 is 2.45 bits per heavy atom. The molecular formula is C8H13NO2. The van der Waals surface area contributed by atoms with Crippen LogP contribution in [0, 0.1) is 0 Å². The number of hydrogen-bond acceptors (Lipinski definition) is 2. The Hall–Kier alpha value is -0.830. The maximum Gasteiger partial charge on any atom is 0.246 e. The lowest BCUT2D eigenvalue weighted by Crippen LogP contribution is -2.39. The molecule has 3 nitrogen and oxygen atoms in total. The Bertz CT molecular complexity index is 173. The molecule has 0 spiro atoms. The molecule has 1 amide bonds. The Labute approximate surface area is 66.4 Å². The van der Waals surface area contributed by atoms with Crippen LogP contribution in [0.15, 0.2) is 12.2 Å². The zero-order valence-electron chi connectivity index (χ0n) is 6.72. The lowest BCUT2D eigenvalue weighted by Gasteiger charge is -2.26. The molecule has 0 aromatic carbocycles. The molecule has 1 aliphatic heterocycles. The molecule has 1 N–H and O–H groups in total. The van der Waals surface area contributed by atoms with Gasteiger partial charge in [0.25, 0.3) is 0 Å². The van der Waals surface area contributed by atoms with Gasteiger partial charge in [-0.15, -0.1) is 0 Å². The van der Waals surface area contributed by atoms with Gasteiger partial charge in [0.15, 0.2) is 0 Å². The highest BCUT2D eigenvalue weighted by atomic mass is 16.5. The van der Waals surface area contributed by atoms with Gasteiger partial charge >= 0.3 is 0 Å². The molecule has 0 aromatic heterocycles. The van der Waals surface area contributed by atoms with E-state index in [0.717, 1.165) is 13.0 Å². The molecule has 1 rings (SSSR count). The van der Waals surface area contributed by atoms with E-state index in [9.17, 15) is 4.79 Å². The first-order valence-corrected chi connectivity index (χ1v) is 3.75. The lowest BCUT2D eigenvalue weighted by atomic mass is 10.2. The second-order valence-corrected chi connectivity index (χ2v) is 2.77. The van der Waals surface area contributed by atoms with Crippen molar-refractivity contribution in [2.24, 2.45) is 0 Å². The summed E-state index contributed by atoms with van der Waals surface area (Å²) in [6.07, 6.45) is 1.29. The highest BCUT2D eigenvalue weighted by Gasteiger charge is 2.18. The van der Waals surface area contributed by atoms with Crippen LogP contribution in [-0.2, 0) is 9.53 Å². The van der Waals surface area contributed by atoms with Gasteiger partial charge in [-0.1, -0.05) is 6.58 Å². The fraction of sp³-hybridized carbons (Fsp3) is 0.625. The predicted octanol–water partition coefficient (Wildman–Crippen LogP) is 0.468. The van der Waals surface area contributed by atoms with E-state index in [2.05, 4.69) is 11.9 Å². The van der Waals surface area contributed by atoms with E-state index in [0.29, 0.717) is 12.1 Å². The van der Waals surface area contributed by atoms with Crippen molar-refractivity contribution in [2.45, 2.75) is 19.4 Å². The minimum atomic E-state index is -0.0829. The van der Waals surface area contributed by atoms with Crippen LogP contribution in [0.2, 0.25) is 0 Å². The SMILES string of the molecule is C=C(C)C(=O)NCC1CCO1. The number of nitrogens with one attached hydrogen (secondary N) is 1. The normalized spacial score (nSPS) is 22.1. The standard InChI is InChI=1S/C8H13NO2/c1-6(2)8(10)9-5-7-3-4-11-7/h7H,1,3-5H2,2H3,(H,9,10). The highest BCUT2D eigenvalue weighted by molar-refractivity contribution is 5.92. The molecule has 1 fully saturated rings. The van der Waals surface area contributed by atoms with E-state index in [1.54, 1.807) is 6.92 Å². The molecule has 0 radical (unpaired) electrons. The molecular weight excluding hydrogens is 142 g/mol. The molecule has 1 aliphatic rings. The van der Waals surface area contributed by atoms with Crippen LogP contribution in [0.3, 0.4) is 0 Å². The maximum atomic E-state index is 10.9. The minimum Gasteiger partial charge on any atom is -0.376 e. The topological polar surface area (TPSA) is 38.3 Å². The highest BCUT2D eigenvalue weighted by Crippen LogP contribution is 2.08. The molecule has 1 saturated heterocycles. The molecule has 1 atom stereocenters. The number of ether oxygens (including phenoxy) is 1. The van der Waals surface area contributed by atoms with Crippen LogP contribution < -0.4 is 5.32 Å². The lowest BCUT2D eigenvalue weighted by molar-refractivity contribution is -0.119. The van der Waals surface area contributed by atoms with Crippen molar-refractivity contribution in [3.05, 3.63) is 12.2 Å². The molecule has 0 saturated carbocycles. The van der Waals surface area contributed by atoms with Crippen molar-refractivity contribution in [1.82, 2.24) is 5.32 Å². The third-order valence-electron chi connectivity index (χ3n) is 1.67. The number of amides is 1. The monoisotopic (exact) mass is 155 g/mol. The minimum absolute atomic E-state index is 0.0829. The van der Waals surface area contributed by atoms with Crippen LogP contribution in [0.4, 0.5) is 0 Å². The van der Waals surface area contributed by atoms with Crippen molar-refractivity contribution < 1.29 is 9.53 Å². The Kier molecular flexibility index (Phi) is 2.65. The first-order chi connectivity index (χ1) is 5.20. The van der Waals surface area contributed by atoms with Gasteiger partial charge in [0.2, 0.25) is 5.91 Å². The molecule has 1 heterocycles. The predicted molar refractivity (Wildman–Crippen MR) is 42.2 cm³/mol. The molecule has 0 bridgehead atoms. The van der Waals surface area contributed by atoms with Crippen molar-refractivity contribution in [1.29, 1.82) is 0 Å². The first kappa shape index (κ1) is 8.27. The van der Waals surface area contributed by atoms with E-state index < -0.39 is 0 Å². The van der Waals surface area contributed by atoms with E-state index >= 15 is 0 Å². The van der Waals surface area contributed by atoms with Crippen LogP contribution in [0.5, 0.6) is 0 Å². The van der Waals surface area contributed by atoms with E-state index in [-0.39, 0.29) is 12.0 Å². The van der Waals surface area contributed by atoms with Crippen molar-refractivity contribution >= 4 is 5.91 Å². The summed E-state index contributed by atoms with van der Waals surface area (Å²) in [6.45, 7) is 6.66. The maximum absolute atomic E-state index is 10.9. The van der Waals surface area contributed by atoms with Crippen molar-refractivity contribution in [3.63, 3.8) is 0 Å². The summed E-state index contributed by atoms with van der Waals surface area (Å²) < 4.78 is 5.12.